The molecule has 1 aliphatic heterocycles. The van der Waals surface area contributed by atoms with E-state index in [1.165, 1.54) is 12.1 Å². The van der Waals surface area contributed by atoms with Crippen LogP contribution in [0.3, 0.4) is 0 Å². The molecule has 0 bridgehead atoms. The van der Waals surface area contributed by atoms with Crippen LogP contribution in [0.1, 0.15) is 32.4 Å². The molecule has 1 aromatic heterocycles. The van der Waals surface area contributed by atoms with Crippen LogP contribution in [0, 0.1) is 11.8 Å². The molecule has 1 unspecified atom stereocenters. The highest BCUT2D eigenvalue weighted by atomic mass is 16.3. The molecule has 2 rings (SSSR count). The van der Waals surface area contributed by atoms with Gasteiger partial charge in [-0.2, -0.15) is 0 Å². The Morgan fingerprint density at radius 3 is 2.94 bits per heavy atom. The third-order valence-electron chi connectivity index (χ3n) is 3.88. The van der Waals surface area contributed by atoms with E-state index in [2.05, 4.69) is 41.6 Å². The molecule has 0 amide bonds. The average molecular weight is 250 g/mol. The zero-order valence-electron chi connectivity index (χ0n) is 11.7. The number of aliphatic hydroxyl groups excluding tert-OH is 1. The first-order valence-electron chi connectivity index (χ1n) is 7.16. The van der Waals surface area contributed by atoms with Gasteiger partial charge in [0.15, 0.2) is 0 Å². The maximum atomic E-state index is 9.18. The van der Waals surface area contributed by atoms with E-state index in [9.17, 15) is 5.11 Å². The topological polar surface area (TPSA) is 28.4 Å². The average Bonchev–Trinajstić information content (AvgIpc) is 2.96. The molecule has 3 heteroatoms. The maximum Gasteiger partial charge on any atom is 0.0471 e. The van der Waals surface area contributed by atoms with Crippen molar-refractivity contribution in [1.29, 1.82) is 0 Å². The second-order valence-electron chi connectivity index (χ2n) is 5.95. The van der Waals surface area contributed by atoms with Crippen LogP contribution in [0.25, 0.3) is 0 Å². The third-order valence-corrected chi connectivity index (χ3v) is 3.88. The van der Waals surface area contributed by atoms with Crippen LogP contribution < -0.4 is 0 Å². The van der Waals surface area contributed by atoms with Crippen molar-refractivity contribution in [1.82, 2.24) is 9.47 Å². The first kappa shape index (κ1) is 13.6. The molecule has 0 radical (unpaired) electrons. The second kappa shape index (κ2) is 6.39. The van der Waals surface area contributed by atoms with Crippen molar-refractivity contribution in [2.75, 3.05) is 19.7 Å². The largest absolute Gasteiger partial charge is 0.396 e. The van der Waals surface area contributed by atoms with Crippen LogP contribution in [-0.2, 0) is 13.1 Å². The van der Waals surface area contributed by atoms with Crippen molar-refractivity contribution >= 4 is 0 Å². The molecular formula is C15H26N2O. The van der Waals surface area contributed by atoms with E-state index in [-0.39, 0.29) is 0 Å². The normalized spacial score (nSPS) is 21.0. The monoisotopic (exact) mass is 250 g/mol. The Balaban J connectivity index is 1.87. The Morgan fingerprint density at radius 1 is 1.44 bits per heavy atom. The summed E-state index contributed by atoms with van der Waals surface area (Å²) in [6.45, 7) is 9.21. The van der Waals surface area contributed by atoms with E-state index in [1.54, 1.807) is 0 Å². The van der Waals surface area contributed by atoms with E-state index < -0.39 is 0 Å². The van der Waals surface area contributed by atoms with Gasteiger partial charge in [0.25, 0.3) is 0 Å². The van der Waals surface area contributed by atoms with Crippen molar-refractivity contribution < 1.29 is 5.11 Å². The molecule has 1 aromatic rings. The number of hydrogen-bond donors (Lipinski definition) is 1. The molecule has 0 aliphatic carbocycles. The summed E-state index contributed by atoms with van der Waals surface area (Å²) in [6, 6.07) is 4.38. The fourth-order valence-electron chi connectivity index (χ4n) is 2.64. The predicted molar refractivity (Wildman–Crippen MR) is 74.4 cm³/mol. The fourth-order valence-corrected chi connectivity index (χ4v) is 2.64. The molecule has 0 spiro atoms. The highest BCUT2D eigenvalue weighted by molar-refractivity contribution is 5.07. The van der Waals surface area contributed by atoms with E-state index in [4.69, 9.17) is 0 Å². The van der Waals surface area contributed by atoms with Gasteiger partial charge < -0.3 is 9.67 Å². The van der Waals surface area contributed by atoms with E-state index >= 15 is 0 Å². The first-order valence-corrected chi connectivity index (χ1v) is 7.16. The zero-order valence-corrected chi connectivity index (χ0v) is 11.7. The highest BCUT2D eigenvalue weighted by Gasteiger charge is 2.22. The van der Waals surface area contributed by atoms with Crippen LogP contribution in [0.5, 0.6) is 0 Å². The summed E-state index contributed by atoms with van der Waals surface area (Å²) in [5.74, 6) is 1.25. The molecule has 1 saturated heterocycles. The lowest BCUT2D eigenvalue weighted by Gasteiger charge is -2.18. The highest BCUT2D eigenvalue weighted by Crippen LogP contribution is 2.18. The van der Waals surface area contributed by atoms with Crippen molar-refractivity contribution in [3.8, 4) is 0 Å². The molecular weight excluding hydrogens is 224 g/mol. The Labute approximate surface area is 110 Å². The first-order chi connectivity index (χ1) is 8.69. The lowest BCUT2D eigenvalue weighted by molar-refractivity contribution is 0.219. The van der Waals surface area contributed by atoms with Gasteiger partial charge in [0.2, 0.25) is 0 Å². The lowest BCUT2D eigenvalue weighted by Crippen LogP contribution is -2.22. The van der Waals surface area contributed by atoms with Gasteiger partial charge in [-0.05, 0) is 43.4 Å². The molecule has 3 nitrogen and oxygen atoms in total. The number of aliphatic hydroxyl groups is 1. The van der Waals surface area contributed by atoms with Crippen molar-refractivity contribution in [3.05, 3.63) is 24.0 Å². The molecule has 1 atom stereocenters. The molecule has 0 saturated carbocycles. The van der Waals surface area contributed by atoms with Gasteiger partial charge in [-0.15, -0.1) is 0 Å². The standard InChI is InChI=1S/C15H26N2O/c1-13(2)5-9-17-7-3-4-15(17)11-16-8-6-14(10-16)12-18/h3-4,7,13-14,18H,5-6,8-12H2,1-2H3. The van der Waals surface area contributed by atoms with Gasteiger partial charge in [0, 0.05) is 38.1 Å². The Kier molecular flexibility index (Phi) is 4.84. The minimum Gasteiger partial charge on any atom is -0.396 e. The van der Waals surface area contributed by atoms with Crippen molar-refractivity contribution in [2.45, 2.75) is 39.8 Å². The van der Waals surface area contributed by atoms with E-state index in [0.717, 1.165) is 38.5 Å². The predicted octanol–water partition coefficient (Wildman–Crippen LogP) is 2.35. The molecule has 1 aliphatic rings. The maximum absolute atomic E-state index is 9.18. The Bertz CT molecular complexity index is 359. The Hall–Kier alpha value is -0.800. The molecule has 1 N–H and O–H groups in total. The smallest absolute Gasteiger partial charge is 0.0471 e. The molecule has 18 heavy (non-hydrogen) atoms. The third kappa shape index (κ3) is 3.59. The number of aromatic nitrogens is 1. The van der Waals surface area contributed by atoms with Gasteiger partial charge in [-0.3, -0.25) is 4.90 Å². The van der Waals surface area contributed by atoms with Crippen molar-refractivity contribution in [3.63, 3.8) is 0 Å². The van der Waals surface area contributed by atoms with Crippen molar-refractivity contribution in [2.24, 2.45) is 11.8 Å². The number of aryl methyl sites for hydroxylation is 1. The zero-order chi connectivity index (χ0) is 13.0. The van der Waals surface area contributed by atoms with E-state index in [1.807, 2.05) is 0 Å². The van der Waals surface area contributed by atoms with Gasteiger partial charge in [0.1, 0.15) is 0 Å². The van der Waals surface area contributed by atoms with Crippen LogP contribution in [0.4, 0.5) is 0 Å². The number of rotatable bonds is 6. The van der Waals surface area contributed by atoms with Crippen LogP contribution in [-0.4, -0.2) is 34.3 Å². The van der Waals surface area contributed by atoms with Crippen LogP contribution >= 0.6 is 0 Å². The molecule has 102 valence electrons. The summed E-state index contributed by atoms with van der Waals surface area (Å²) in [6.07, 6.45) is 4.57. The minimum atomic E-state index is 0.338. The lowest BCUT2D eigenvalue weighted by atomic mass is 10.1. The fraction of sp³-hybridized carbons (Fsp3) is 0.733. The summed E-state index contributed by atoms with van der Waals surface area (Å²) in [4.78, 5) is 2.46. The molecule has 0 aromatic carbocycles. The number of nitrogens with zero attached hydrogens (tertiary/aromatic N) is 2. The summed E-state index contributed by atoms with van der Waals surface area (Å²) in [5.41, 5.74) is 1.41. The summed E-state index contributed by atoms with van der Waals surface area (Å²) >= 11 is 0. The summed E-state index contributed by atoms with van der Waals surface area (Å²) in [5, 5.41) is 9.18. The van der Waals surface area contributed by atoms with Gasteiger partial charge >= 0.3 is 0 Å². The minimum absolute atomic E-state index is 0.338. The summed E-state index contributed by atoms with van der Waals surface area (Å²) in [7, 11) is 0. The SMILES string of the molecule is CC(C)CCn1cccc1CN1CCC(CO)C1. The van der Waals surface area contributed by atoms with Gasteiger partial charge in [-0.1, -0.05) is 13.8 Å². The van der Waals surface area contributed by atoms with Gasteiger partial charge in [-0.25, -0.2) is 0 Å². The van der Waals surface area contributed by atoms with E-state index in [0.29, 0.717) is 12.5 Å². The molecule has 1 fully saturated rings. The molecule has 2 heterocycles. The summed E-state index contributed by atoms with van der Waals surface area (Å²) < 4.78 is 2.38. The number of hydrogen-bond acceptors (Lipinski definition) is 2. The van der Waals surface area contributed by atoms with Crippen LogP contribution in [0.2, 0.25) is 0 Å². The number of likely N-dealkylation sites (tertiary alicyclic amines) is 1. The van der Waals surface area contributed by atoms with Gasteiger partial charge in [0.05, 0.1) is 0 Å². The second-order valence-corrected chi connectivity index (χ2v) is 5.95. The van der Waals surface area contributed by atoms with Crippen LogP contribution in [0.15, 0.2) is 18.3 Å². The Morgan fingerprint density at radius 2 is 2.28 bits per heavy atom. The quantitative estimate of drug-likeness (QED) is 0.839.